The molecule has 100 valence electrons. The lowest BCUT2D eigenvalue weighted by atomic mass is 9.98. The first-order valence-electron chi connectivity index (χ1n) is 6.81. The standard InChI is InChI=1S/C15H22FNO/c1-12-5-8-17(9-6-12)10-7-15(18)13-3-2-4-14(16)11-13/h2-4,11-12,15,18H,5-10H2,1H3. The summed E-state index contributed by atoms with van der Waals surface area (Å²) in [5.41, 5.74) is 0.681. The van der Waals surface area contributed by atoms with Gasteiger partial charge in [-0.25, -0.2) is 4.39 Å². The Morgan fingerprint density at radius 2 is 2.11 bits per heavy atom. The summed E-state index contributed by atoms with van der Waals surface area (Å²) in [7, 11) is 0. The fourth-order valence-electron chi connectivity index (χ4n) is 2.47. The Labute approximate surface area is 108 Å². The van der Waals surface area contributed by atoms with Gasteiger partial charge in [-0.1, -0.05) is 19.1 Å². The molecular formula is C15H22FNO. The largest absolute Gasteiger partial charge is 0.388 e. The lowest BCUT2D eigenvalue weighted by Crippen LogP contribution is -2.34. The van der Waals surface area contributed by atoms with E-state index in [0.29, 0.717) is 12.0 Å². The van der Waals surface area contributed by atoms with Gasteiger partial charge >= 0.3 is 0 Å². The van der Waals surface area contributed by atoms with Crippen LogP contribution >= 0.6 is 0 Å². The number of nitrogens with zero attached hydrogens (tertiary/aromatic N) is 1. The van der Waals surface area contributed by atoms with Gasteiger partial charge in [-0.2, -0.15) is 0 Å². The minimum Gasteiger partial charge on any atom is -0.388 e. The zero-order valence-corrected chi connectivity index (χ0v) is 11.0. The topological polar surface area (TPSA) is 23.5 Å². The Hall–Kier alpha value is -0.930. The second-order valence-electron chi connectivity index (χ2n) is 5.38. The summed E-state index contributed by atoms with van der Waals surface area (Å²) in [4.78, 5) is 2.39. The summed E-state index contributed by atoms with van der Waals surface area (Å²) in [6.45, 7) is 5.43. The molecule has 18 heavy (non-hydrogen) atoms. The highest BCUT2D eigenvalue weighted by Crippen LogP contribution is 2.20. The first-order chi connectivity index (χ1) is 8.65. The molecule has 1 fully saturated rings. The van der Waals surface area contributed by atoms with Crippen LogP contribution in [-0.4, -0.2) is 29.6 Å². The minimum atomic E-state index is -0.556. The van der Waals surface area contributed by atoms with Crippen LogP contribution in [-0.2, 0) is 0 Å². The van der Waals surface area contributed by atoms with Crippen molar-refractivity contribution in [2.45, 2.75) is 32.3 Å². The van der Waals surface area contributed by atoms with Crippen molar-refractivity contribution < 1.29 is 9.50 Å². The molecule has 2 nitrogen and oxygen atoms in total. The Kier molecular flexibility index (Phi) is 4.72. The Balaban J connectivity index is 1.79. The lowest BCUT2D eigenvalue weighted by Gasteiger charge is -2.30. The lowest BCUT2D eigenvalue weighted by molar-refractivity contribution is 0.125. The predicted molar refractivity (Wildman–Crippen MR) is 70.8 cm³/mol. The number of halogens is 1. The third kappa shape index (κ3) is 3.79. The van der Waals surface area contributed by atoms with E-state index in [1.807, 2.05) is 0 Å². The molecule has 1 aliphatic heterocycles. The molecule has 1 aromatic carbocycles. The first kappa shape index (κ1) is 13.5. The van der Waals surface area contributed by atoms with E-state index in [9.17, 15) is 9.50 Å². The number of hydrogen-bond acceptors (Lipinski definition) is 2. The maximum Gasteiger partial charge on any atom is 0.123 e. The normalized spacial score (nSPS) is 19.9. The minimum absolute atomic E-state index is 0.279. The molecular weight excluding hydrogens is 229 g/mol. The van der Waals surface area contributed by atoms with Gasteiger partial charge < -0.3 is 10.0 Å². The molecule has 0 bridgehead atoms. The van der Waals surface area contributed by atoms with Crippen molar-refractivity contribution in [3.8, 4) is 0 Å². The van der Waals surface area contributed by atoms with Gasteiger partial charge in [-0.15, -0.1) is 0 Å². The zero-order chi connectivity index (χ0) is 13.0. The molecule has 0 amide bonds. The van der Waals surface area contributed by atoms with Crippen LogP contribution in [0, 0.1) is 11.7 Å². The zero-order valence-electron chi connectivity index (χ0n) is 11.0. The number of piperidine rings is 1. The highest BCUT2D eigenvalue weighted by molar-refractivity contribution is 5.18. The van der Waals surface area contributed by atoms with Gasteiger partial charge in [0.15, 0.2) is 0 Å². The average molecular weight is 251 g/mol. The molecule has 0 spiro atoms. The second kappa shape index (κ2) is 6.30. The molecule has 1 saturated heterocycles. The molecule has 2 rings (SSSR count). The van der Waals surface area contributed by atoms with E-state index in [0.717, 1.165) is 25.6 Å². The van der Waals surface area contributed by atoms with Crippen LogP contribution in [0.1, 0.15) is 37.9 Å². The predicted octanol–water partition coefficient (Wildman–Crippen LogP) is 2.98. The van der Waals surface area contributed by atoms with Crippen LogP contribution in [0.2, 0.25) is 0 Å². The highest BCUT2D eigenvalue weighted by Gasteiger charge is 2.17. The molecule has 1 unspecified atom stereocenters. The maximum atomic E-state index is 13.0. The van der Waals surface area contributed by atoms with E-state index in [2.05, 4.69) is 11.8 Å². The number of aliphatic hydroxyl groups excluding tert-OH is 1. The summed E-state index contributed by atoms with van der Waals surface area (Å²) in [6, 6.07) is 6.26. The summed E-state index contributed by atoms with van der Waals surface area (Å²) in [5.74, 6) is 0.549. The third-order valence-electron chi connectivity index (χ3n) is 3.83. The quantitative estimate of drug-likeness (QED) is 0.889. The summed E-state index contributed by atoms with van der Waals surface area (Å²) < 4.78 is 13.0. The fraction of sp³-hybridized carbons (Fsp3) is 0.600. The molecule has 0 aromatic heterocycles. The van der Waals surface area contributed by atoms with Crippen molar-refractivity contribution in [1.29, 1.82) is 0 Å². The van der Waals surface area contributed by atoms with Gasteiger partial charge in [0.05, 0.1) is 6.10 Å². The highest BCUT2D eigenvalue weighted by atomic mass is 19.1. The first-order valence-corrected chi connectivity index (χ1v) is 6.81. The van der Waals surface area contributed by atoms with Crippen LogP contribution in [0.3, 0.4) is 0 Å². The van der Waals surface area contributed by atoms with E-state index in [1.165, 1.54) is 25.0 Å². The van der Waals surface area contributed by atoms with E-state index in [1.54, 1.807) is 12.1 Å². The van der Waals surface area contributed by atoms with Gasteiger partial charge in [-0.3, -0.25) is 0 Å². The smallest absolute Gasteiger partial charge is 0.123 e. The molecule has 0 aliphatic carbocycles. The second-order valence-corrected chi connectivity index (χ2v) is 5.38. The number of benzene rings is 1. The van der Waals surface area contributed by atoms with Crippen molar-refractivity contribution in [3.05, 3.63) is 35.6 Å². The van der Waals surface area contributed by atoms with Crippen molar-refractivity contribution >= 4 is 0 Å². The number of aliphatic hydroxyl groups is 1. The molecule has 1 aromatic rings. The summed E-state index contributed by atoms with van der Waals surface area (Å²) in [6.07, 6.45) is 2.62. The molecule has 1 atom stereocenters. The number of rotatable bonds is 4. The average Bonchev–Trinajstić information content (AvgIpc) is 2.38. The van der Waals surface area contributed by atoms with Gasteiger partial charge in [0.25, 0.3) is 0 Å². The number of hydrogen-bond donors (Lipinski definition) is 1. The van der Waals surface area contributed by atoms with Crippen LogP contribution in [0.4, 0.5) is 4.39 Å². The monoisotopic (exact) mass is 251 g/mol. The summed E-state index contributed by atoms with van der Waals surface area (Å²) >= 11 is 0. The van der Waals surface area contributed by atoms with Crippen molar-refractivity contribution in [3.63, 3.8) is 0 Å². The summed E-state index contributed by atoms with van der Waals surface area (Å²) in [5, 5.41) is 10.0. The van der Waals surface area contributed by atoms with Crippen LogP contribution in [0.5, 0.6) is 0 Å². The molecule has 1 N–H and O–H groups in total. The van der Waals surface area contributed by atoms with Crippen molar-refractivity contribution in [2.24, 2.45) is 5.92 Å². The Morgan fingerprint density at radius 1 is 1.39 bits per heavy atom. The SMILES string of the molecule is CC1CCN(CCC(O)c2cccc(F)c2)CC1. The van der Waals surface area contributed by atoms with E-state index in [4.69, 9.17) is 0 Å². The van der Waals surface area contributed by atoms with Gasteiger partial charge in [0.2, 0.25) is 0 Å². The van der Waals surface area contributed by atoms with E-state index in [-0.39, 0.29) is 5.82 Å². The van der Waals surface area contributed by atoms with Crippen LogP contribution < -0.4 is 0 Å². The molecule has 0 radical (unpaired) electrons. The maximum absolute atomic E-state index is 13.0. The van der Waals surface area contributed by atoms with E-state index < -0.39 is 6.10 Å². The number of likely N-dealkylation sites (tertiary alicyclic amines) is 1. The van der Waals surface area contributed by atoms with E-state index >= 15 is 0 Å². The van der Waals surface area contributed by atoms with Crippen LogP contribution in [0.15, 0.2) is 24.3 Å². The fourth-order valence-corrected chi connectivity index (χ4v) is 2.47. The van der Waals surface area contributed by atoms with Crippen LogP contribution in [0.25, 0.3) is 0 Å². The Morgan fingerprint density at radius 3 is 2.78 bits per heavy atom. The van der Waals surface area contributed by atoms with Crippen molar-refractivity contribution in [2.75, 3.05) is 19.6 Å². The Bertz CT molecular complexity index is 375. The molecule has 0 saturated carbocycles. The van der Waals surface area contributed by atoms with Gasteiger partial charge in [-0.05, 0) is 56.0 Å². The third-order valence-corrected chi connectivity index (χ3v) is 3.83. The molecule has 1 heterocycles. The molecule has 3 heteroatoms. The molecule has 1 aliphatic rings. The van der Waals surface area contributed by atoms with Gasteiger partial charge in [0.1, 0.15) is 5.82 Å². The van der Waals surface area contributed by atoms with Gasteiger partial charge in [0, 0.05) is 6.54 Å². The van der Waals surface area contributed by atoms with Crippen molar-refractivity contribution in [1.82, 2.24) is 4.90 Å².